The van der Waals surface area contributed by atoms with Gasteiger partial charge >= 0.3 is 0 Å². The number of carbonyl (C=O) groups is 1. The summed E-state index contributed by atoms with van der Waals surface area (Å²) in [5, 5.41) is 10.5. The first-order valence-electron chi connectivity index (χ1n) is 10.6. The van der Waals surface area contributed by atoms with E-state index in [-0.39, 0.29) is 15.8 Å². The second-order valence-corrected chi connectivity index (χ2v) is 9.05. The molecule has 1 aromatic heterocycles. The lowest BCUT2D eigenvalue weighted by molar-refractivity contribution is -0.128. The van der Waals surface area contributed by atoms with Crippen LogP contribution in [-0.4, -0.2) is 48.8 Å². The van der Waals surface area contributed by atoms with Crippen LogP contribution in [0.25, 0.3) is 17.3 Å². The minimum Gasteiger partial charge on any atom is -0.497 e. The van der Waals surface area contributed by atoms with Crippen LogP contribution in [0.4, 0.5) is 0 Å². The van der Waals surface area contributed by atoms with Gasteiger partial charge in [-0.1, -0.05) is 29.8 Å². The minimum atomic E-state index is -0.423. The number of benzene rings is 2. The van der Waals surface area contributed by atoms with Crippen LogP contribution in [-0.2, 0) is 9.53 Å². The highest BCUT2D eigenvalue weighted by Crippen LogP contribution is 2.21. The Morgan fingerprint density at radius 1 is 1.24 bits per heavy atom. The van der Waals surface area contributed by atoms with E-state index in [1.807, 2.05) is 24.3 Å². The first-order chi connectivity index (χ1) is 16.4. The molecule has 0 unspecified atom stereocenters. The van der Waals surface area contributed by atoms with Crippen molar-refractivity contribution in [3.05, 3.63) is 78.2 Å². The molecule has 0 spiro atoms. The van der Waals surface area contributed by atoms with E-state index < -0.39 is 5.91 Å². The maximum absolute atomic E-state index is 13.6. The van der Waals surface area contributed by atoms with Crippen molar-refractivity contribution in [1.82, 2.24) is 9.47 Å². The lowest BCUT2D eigenvalue weighted by Gasteiger charge is -2.26. The van der Waals surface area contributed by atoms with Crippen LogP contribution in [0.5, 0.6) is 5.75 Å². The van der Waals surface area contributed by atoms with E-state index in [1.54, 1.807) is 43.2 Å². The summed E-state index contributed by atoms with van der Waals surface area (Å²) in [6.07, 6.45) is 1.73. The smallest absolute Gasteiger partial charge is 0.273 e. The van der Waals surface area contributed by atoms with E-state index in [0.717, 1.165) is 16.9 Å². The molecule has 0 aliphatic carbocycles. The minimum absolute atomic E-state index is 0.0892. The van der Waals surface area contributed by atoms with E-state index in [2.05, 4.69) is 6.07 Å². The number of nitriles is 1. The third kappa shape index (κ3) is 4.64. The molecule has 2 aromatic carbocycles. The molecule has 1 aliphatic heterocycles. The summed E-state index contributed by atoms with van der Waals surface area (Å²) in [7, 11) is 1.57. The van der Waals surface area contributed by atoms with Crippen molar-refractivity contribution in [1.29, 1.82) is 5.26 Å². The summed E-state index contributed by atoms with van der Waals surface area (Å²) in [5.41, 5.74) is 1.53. The van der Waals surface area contributed by atoms with Gasteiger partial charge in [-0.3, -0.25) is 14.2 Å². The number of carbonyl (C=O) groups excluding carboxylic acids is 1. The number of morpholine rings is 1. The Balaban J connectivity index is 2.03. The van der Waals surface area contributed by atoms with Crippen LogP contribution >= 0.6 is 22.9 Å². The normalized spacial score (nSPS) is 15.1. The third-order valence-corrected chi connectivity index (χ3v) is 7.03. The van der Waals surface area contributed by atoms with Gasteiger partial charge in [0, 0.05) is 18.1 Å². The number of thiazole rings is 1. The highest BCUT2D eigenvalue weighted by molar-refractivity contribution is 7.07. The van der Waals surface area contributed by atoms with E-state index in [1.165, 1.54) is 4.57 Å². The van der Waals surface area contributed by atoms with Gasteiger partial charge in [-0.2, -0.15) is 5.26 Å². The number of nitrogens with zero attached hydrogens (tertiary/aromatic N) is 3. The van der Waals surface area contributed by atoms with E-state index in [0.29, 0.717) is 52.9 Å². The Bertz CT molecular complexity index is 1460. The Hall–Kier alpha value is -3.38. The molecule has 1 saturated heterocycles. The zero-order valence-corrected chi connectivity index (χ0v) is 20.3. The van der Waals surface area contributed by atoms with Gasteiger partial charge < -0.3 is 14.4 Å². The SMILES string of the molecule is COc1cccc(/C=c2\s/c(=C(\C#N)C(=O)N3CCOCC3)n(-c3cccc(Cl)c3C)c2=O)c1. The largest absolute Gasteiger partial charge is 0.497 e. The topological polar surface area (TPSA) is 84.6 Å². The molecule has 7 nitrogen and oxygen atoms in total. The molecule has 0 N–H and O–H groups in total. The van der Waals surface area contributed by atoms with Crippen molar-refractivity contribution >= 4 is 40.5 Å². The Kier molecular flexibility index (Phi) is 7.17. The Morgan fingerprint density at radius 3 is 2.68 bits per heavy atom. The predicted octanol–water partition coefficient (Wildman–Crippen LogP) is 2.23. The van der Waals surface area contributed by atoms with E-state index >= 15 is 0 Å². The van der Waals surface area contributed by atoms with E-state index in [9.17, 15) is 14.9 Å². The molecule has 4 rings (SSSR count). The van der Waals surface area contributed by atoms with Crippen LogP contribution in [0.2, 0.25) is 5.02 Å². The van der Waals surface area contributed by atoms with Gasteiger partial charge in [0.05, 0.1) is 30.5 Å². The van der Waals surface area contributed by atoms with Crippen molar-refractivity contribution in [3.63, 3.8) is 0 Å². The van der Waals surface area contributed by atoms with Crippen LogP contribution < -0.4 is 19.5 Å². The number of methoxy groups -OCH3 is 1. The number of amides is 1. The fourth-order valence-corrected chi connectivity index (χ4v) is 4.96. The van der Waals surface area contributed by atoms with Crippen LogP contribution in [0.1, 0.15) is 11.1 Å². The predicted molar refractivity (Wildman–Crippen MR) is 132 cm³/mol. The molecule has 0 saturated carbocycles. The van der Waals surface area contributed by atoms with Crippen molar-refractivity contribution < 1.29 is 14.3 Å². The van der Waals surface area contributed by atoms with Gasteiger partial charge in [0.1, 0.15) is 16.5 Å². The van der Waals surface area contributed by atoms with Gasteiger partial charge in [0.2, 0.25) is 0 Å². The zero-order chi connectivity index (χ0) is 24.2. The lowest BCUT2D eigenvalue weighted by atomic mass is 10.2. The number of hydrogen-bond donors (Lipinski definition) is 0. The summed E-state index contributed by atoms with van der Waals surface area (Å²) in [6, 6.07) is 14.6. The van der Waals surface area contributed by atoms with Crippen molar-refractivity contribution in [2.24, 2.45) is 0 Å². The van der Waals surface area contributed by atoms with Gasteiger partial charge in [0.25, 0.3) is 11.5 Å². The second kappa shape index (κ2) is 10.3. The maximum atomic E-state index is 13.6. The Labute approximate surface area is 205 Å². The molecule has 0 bridgehead atoms. The van der Waals surface area contributed by atoms with Crippen LogP contribution in [0.15, 0.2) is 47.3 Å². The lowest BCUT2D eigenvalue weighted by Crippen LogP contribution is -2.42. The molecule has 174 valence electrons. The van der Waals surface area contributed by atoms with Crippen LogP contribution in [0, 0.1) is 18.3 Å². The first kappa shape index (κ1) is 23.8. The number of hydrogen-bond acceptors (Lipinski definition) is 6. The van der Waals surface area contributed by atoms with Gasteiger partial charge in [-0.25, -0.2) is 0 Å². The quantitative estimate of drug-likeness (QED) is 0.554. The number of rotatable bonds is 4. The molecule has 2 heterocycles. The fraction of sp³-hybridized carbons (Fsp3) is 0.240. The molecule has 3 aromatic rings. The number of halogens is 1. The van der Waals surface area contributed by atoms with Gasteiger partial charge in [-0.15, -0.1) is 11.3 Å². The maximum Gasteiger partial charge on any atom is 0.273 e. The molecular weight excluding hydrogens is 474 g/mol. The van der Waals surface area contributed by atoms with Crippen LogP contribution in [0.3, 0.4) is 0 Å². The molecule has 1 amide bonds. The molecule has 1 fully saturated rings. The molecule has 0 atom stereocenters. The summed E-state index contributed by atoms with van der Waals surface area (Å²) < 4.78 is 12.7. The standard InChI is InChI=1S/C25H22ClN3O4S/c1-16-20(26)7-4-8-21(16)29-24(31)22(14-17-5-3-6-18(13-17)32-2)34-25(29)19(15-27)23(30)28-9-11-33-12-10-28/h3-8,13-14H,9-12H2,1-2H3/b22-14-,25-19+. The van der Waals surface area contributed by atoms with Crippen molar-refractivity contribution in [2.75, 3.05) is 33.4 Å². The fourth-order valence-electron chi connectivity index (χ4n) is 3.70. The highest BCUT2D eigenvalue weighted by Gasteiger charge is 2.24. The average molecular weight is 496 g/mol. The summed E-state index contributed by atoms with van der Waals surface area (Å²) >= 11 is 7.44. The Morgan fingerprint density at radius 2 is 1.97 bits per heavy atom. The zero-order valence-electron chi connectivity index (χ0n) is 18.7. The molecular formula is C25H22ClN3O4S. The summed E-state index contributed by atoms with van der Waals surface area (Å²) in [5.74, 6) is 0.233. The van der Waals surface area contributed by atoms with Crippen molar-refractivity contribution in [3.8, 4) is 17.5 Å². The molecule has 0 radical (unpaired) electrons. The summed E-state index contributed by atoms with van der Waals surface area (Å²) in [6.45, 7) is 3.39. The molecule has 9 heteroatoms. The molecule has 34 heavy (non-hydrogen) atoms. The van der Waals surface area contributed by atoms with E-state index in [4.69, 9.17) is 21.1 Å². The van der Waals surface area contributed by atoms with Gasteiger partial charge in [0.15, 0.2) is 5.57 Å². The monoisotopic (exact) mass is 495 g/mol. The number of aromatic nitrogens is 1. The summed E-state index contributed by atoms with van der Waals surface area (Å²) in [4.78, 5) is 28.5. The molecule has 1 aliphatic rings. The van der Waals surface area contributed by atoms with Gasteiger partial charge in [-0.05, 0) is 48.4 Å². The second-order valence-electron chi connectivity index (χ2n) is 7.61. The first-order valence-corrected chi connectivity index (χ1v) is 11.8. The third-order valence-electron chi connectivity index (χ3n) is 5.53. The van der Waals surface area contributed by atoms with Crippen molar-refractivity contribution in [2.45, 2.75) is 6.92 Å². The number of ether oxygens (including phenoxy) is 2. The average Bonchev–Trinajstić information content (AvgIpc) is 3.17. The highest BCUT2D eigenvalue weighted by atomic mass is 35.5.